The summed E-state index contributed by atoms with van der Waals surface area (Å²) in [5.74, 6) is 0. The third-order valence-corrected chi connectivity index (χ3v) is 2.44. The van der Waals surface area contributed by atoms with Gasteiger partial charge in [0.25, 0.3) is 0 Å². The standard InChI is InChI=1S/C15H14.C2H6/c1-13(15-10-6-3-7-11-15)12-14-8-4-2-5-9-14;1-2/h2-11H,1,12H2;1-2H3. The highest BCUT2D eigenvalue weighted by Crippen LogP contribution is 2.16. The number of allylic oxidation sites excluding steroid dienone is 1. The highest BCUT2D eigenvalue weighted by atomic mass is 14.0. The zero-order valence-corrected chi connectivity index (χ0v) is 10.7. The first kappa shape index (κ1) is 13.2. The second kappa shape index (κ2) is 7.45. The SMILES string of the molecule is C=C(Cc1ccccc1)c1ccccc1.CC. The highest BCUT2D eigenvalue weighted by Gasteiger charge is 1.98. The van der Waals surface area contributed by atoms with E-state index in [1.807, 2.05) is 38.1 Å². The predicted molar refractivity (Wildman–Crippen MR) is 77.0 cm³/mol. The van der Waals surface area contributed by atoms with E-state index < -0.39 is 0 Å². The first-order valence-corrected chi connectivity index (χ1v) is 6.13. The van der Waals surface area contributed by atoms with Crippen molar-refractivity contribution < 1.29 is 0 Å². The van der Waals surface area contributed by atoms with Crippen LogP contribution in [0.4, 0.5) is 0 Å². The summed E-state index contributed by atoms with van der Waals surface area (Å²) in [5, 5.41) is 0. The second-order valence-electron chi connectivity index (χ2n) is 3.63. The van der Waals surface area contributed by atoms with Gasteiger partial charge in [-0.3, -0.25) is 0 Å². The van der Waals surface area contributed by atoms with Gasteiger partial charge in [-0.25, -0.2) is 0 Å². The Kier molecular flexibility index (Phi) is 5.81. The Hall–Kier alpha value is -1.82. The van der Waals surface area contributed by atoms with E-state index in [0.29, 0.717) is 0 Å². The van der Waals surface area contributed by atoms with Crippen molar-refractivity contribution in [3.8, 4) is 0 Å². The maximum absolute atomic E-state index is 4.12. The zero-order valence-electron chi connectivity index (χ0n) is 10.7. The molecule has 88 valence electrons. The van der Waals surface area contributed by atoms with Gasteiger partial charge < -0.3 is 0 Å². The van der Waals surface area contributed by atoms with Crippen LogP contribution in [-0.4, -0.2) is 0 Å². The van der Waals surface area contributed by atoms with E-state index in [1.165, 1.54) is 16.7 Å². The summed E-state index contributed by atoms with van der Waals surface area (Å²) in [5.41, 5.74) is 3.70. The van der Waals surface area contributed by atoms with Gasteiger partial charge in [0.2, 0.25) is 0 Å². The highest BCUT2D eigenvalue weighted by molar-refractivity contribution is 5.65. The molecule has 2 rings (SSSR count). The molecular formula is C17H20. The van der Waals surface area contributed by atoms with Crippen molar-refractivity contribution in [2.75, 3.05) is 0 Å². The lowest BCUT2D eigenvalue weighted by Gasteiger charge is -2.05. The summed E-state index contributed by atoms with van der Waals surface area (Å²) in [6, 6.07) is 20.8. The summed E-state index contributed by atoms with van der Waals surface area (Å²) < 4.78 is 0. The lowest BCUT2D eigenvalue weighted by atomic mass is 10.00. The summed E-state index contributed by atoms with van der Waals surface area (Å²) in [4.78, 5) is 0. The van der Waals surface area contributed by atoms with Crippen LogP contribution in [0.3, 0.4) is 0 Å². The molecule has 0 spiro atoms. The Bertz CT molecular complexity index is 426. The monoisotopic (exact) mass is 224 g/mol. The number of rotatable bonds is 3. The van der Waals surface area contributed by atoms with Crippen molar-refractivity contribution >= 4 is 5.57 Å². The molecule has 0 aliphatic rings. The maximum atomic E-state index is 4.12. The normalized spacial score (nSPS) is 9.06. The lowest BCUT2D eigenvalue weighted by molar-refractivity contribution is 1.29. The van der Waals surface area contributed by atoms with E-state index in [-0.39, 0.29) is 0 Å². The average Bonchev–Trinajstić information content (AvgIpc) is 2.43. The molecular weight excluding hydrogens is 204 g/mol. The van der Waals surface area contributed by atoms with Crippen LogP contribution in [0.15, 0.2) is 67.2 Å². The van der Waals surface area contributed by atoms with Crippen LogP contribution in [0, 0.1) is 0 Å². The minimum atomic E-state index is 0.921. The first-order valence-electron chi connectivity index (χ1n) is 6.13. The van der Waals surface area contributed by atoms with E-state index in [4.69, 9.17) is 0 Å². The van der Waals surface area contributed by atoms with Crippen molar-refractivity contribution in [2.24, 2.45) is 0 Å². The smallest absolute Gasteiger partial charge is 0.00257 e. The predicted octanol–water partition coefficient (Wildman–Crippen LogP) is 4.97. The molecule has 0 bridgehead atoms. The van der Waals surface area contributed by atoms with Crippen LogP contribution in [0.5, 0.6) is 0 Å². The quantitative estimate of drug-likeness (QED) is 0.690. The number of hydrogen-bond donors (Lipinski definition) is 0. The van der Waals surface area contributed by atoms with Gasteiger partial charge in [-0.15, -0.1) is 0 Å². The molecule has 0 saturated heterocycles. The molecule has 0 N–H and O–H groups in total. The zero-order chi connectivity index (χ0) is 12.5. The summed E-state index contributed by atoms with van der Waals surface area (Å²) in [6.07, 6.45) is 0.921. The minimum Gasteiger partial charge on any atom is -0.0949 e. The molecule has 0 fully saturated rings. The number of hydrogen-bond acceptors (Lipinski definition) is 0. The Balaban J connectivity index is 0.000000686. The topological polar surface area (TPSA) is 0 Å². The van der Waals surface area contributed by atoms with Crippen LogP contribution in [0.25, 0.3) is 5.57 Å². The number of benzene rings is 2. The molecule has 0 aliphatic heterocycles. The summed E-state index contributed by atoms with van der Waals surface area (Å²) in [7, 11) is 0. The lowest BCUT2D eigenvalue weighted by Crippen LogP contribution is -1.88. The molecule has 0 amide bonds. The molecule has 0 unspecified atom stereocenters. The minimum absolute atomic E-state index is 0.921. The Morgan fingerprint density at radius 3 is 1.82 bits per heavy atom. The van der Waals surface area contributed by atoms with Crippen molar-refractivity contribution in [2.45, 2.75) is 20.3 Å². The third kappa shape index (κ3) is 4.28. The van der Waals surface area contributed by atoms with Gasteiger partial charge in [-0.2, -0.15) is 0 Å². The largest absolute Gasteiger partial charge is 0.0949 e. The first-order chi connectivity index (χ1) is 8.36. The summed E-state index contributed by atoms with van der Waals surface area (Å²) in [6.45, 7) is 8.12. The molecule has 0 atom stereocenters. The molecule has 2 aromatic rings. The molecule has 0 heterocycles. The molecule has 0 heteroatoms. The van der Waals surface area contributed by atoms with Crippen LogP contribution in [0.1, 0.15) is 25.0 Å². The molecule has 17 heavy (non-hydrogen) atoms. The van der Waals surface area contributed by atoms with Crippen molar-refractivity contribution in [1.82, 2.24) is 0 Å². The third-order valence-electron chi connectivity index (χ3n) is 2.44. The Morgan fingerprint density at radius 2 is 1.29 bits per heavy atom. The molecule has 0 aromatic heterocycles. The molecule has 0 aliphatic carbocycles. The van der Waals surface area contributed by atoms with E-state index in [9.17, 15) is 0 Å². The summed E-state index contributed by atoms with van der Waals surface area (Å²) >= 11 is 0. The molecule has 2 aromatic carbocycles. The van der Waals surface area contributed by atoms with Gasteiger partial charge in [0.1, 0.15) is 0 Å². The van der Waals surface area contributed by atoms with Gasteiger partial charge in [0.05, 0.1) is 0 Å². The van der Waals surface area contributed by atoms with E-state index in [2.05, 4.69) is 43.0 Å². The van der Waals surface area contributed by atoms with Crippen LogP contribution in [0.2, 0.25) is 0 Å². The van der Waals surface area contributed by atoms with Crippen molar-refractivity contribution in [1.29, 1.82) is 0 Å². The molecule has 0 nitrogen and oxygen atoms in total. The van der Waals surface area contributed by atoms with Gasteiger partial charge >= 0.3 is 0 Å². The van der Waals surface area contributed by atoms with Gasteiger partial charge in [0, 0.05) is 0 Å². The van der Waals surface area contributed by atoms with E-state index in [1.54, 1.807) is 0 Å². The fraction of sp³-hybridized carbons (Fsp3) is 0.176. The average molecular weight is 224 g/mol. The van der Waals surface area contributed by atoms with Gasteiger partial charge in [-0.1, -0.05) is 81.1 Å². The Morgan fingerprint density at radius 1 is 0.824 bits per heavy atom. The maximum Gasteiger partial charge on any atom is -0.00257 e. The van der Waals surface area contributed by atoms with E-state index >= 15 is 0 Å². The van der Waals surface area contributed by atoms with Crippen molar-refractivity contribution in [3.63, 3.8) is 0 Å². The van der Waals surface area contributed by atoms with Crippen LogP contribution >= 0.6 is 0 Å². The van der Waals surface area contributed by atoms with Crippen LogP contribution < -0.4 is 0 Å². The fourth-order valence-corrected chi connectivity index (χ4v) is 1.62. The van der Waals surface area contributed by atoms with Crippen molar-refractivity contribution in [3.05, 3.63) is 78.4 Å². The Labute approximate surface area is 105 Å². The van der Waals surface area contributed by atoms with Crippen LogP contribution in [-0.2, 0) is 6.42 Å². The second-order valence-corrected chi connectivity index (χ2v) is 3.63. The van der Waals surface area contributed by atoms with E-state index in [0.717, 1.165) is 6.42 Å². The van der Waals surface area contributed by atoms with Gasteiger partial charge in [-0.05, 0) is 23.1 Å². The fourth-order valence-electron chi connectivity index (χ4n) is 1.62. The molecule has 0 radical (unpaired) electrons. The van der Waals surface area contributed by atoms with Gasteiger partial charge in [0.15, 0.2) is 0 Å². The molecule has 0 saturated carbocycles.